The molecule has 0 atom stereocenters. The minimum Gasteiger partial charge on any atom is -0.309 e. The van der Waals surface area contributed by atoms with Gasteiger partial charge in [-0.3, -0.25) is 4.98 Å². The van der Waals surface area contributed by atoms with E-state index in [9.17, 15) is 0 Å². The van der Waals surface area contributed by atoms with E-state index in [1.54, 1.807) is 0 Å². The number of nitrogens with zero attached hydrogens (tertiary/aromatic N) is 2. The molecule has 0 saturated carbocycles. The molecule has 0 saturated heterocycles. The molecule has 0 N–H and O–H groups in total. The number of aromatic nitrogens is 2. The van der Waals surface area contributed by atoms with Crippen LogP contribution in [0, 0.1) is 0 Å². The third-order valence-electron chi connectivity index (χ3n) is 8.23. The van der Waals surface area contributed by atoms with E-state index in [-0.39, 0.29) is 5.41 Å². The van der Waals surface area contributed by atoms with Crippen molar-refractivity contribution < 1.29 is 0 Å². The van der Waals surface area contributed by atoms with Crippen LogP contribution in [-0.4, -0.2) is 9.55 Å². The number of fused-ring (bicyclic) bond motifs is 7. The molecule has 1 aliphatic rings. The molecule has 170 valence electrons. The van der Waals surface area contributed by atoms with E-state index in [2.05, 4.69) is 120 Å². The Hall–Kier alpha value is -4.43. The third kappa shape index (κ3) is 2.43. The van der Waals surface area contributed by atoms with E-state index < -0.39 is 0 Å². The Morgan fingerprint density at radius 3 is 2.36 bits per heavy atom. The molecule has 0 bridgehead atoms. The number of pyridine rings is 1. The zero-order valence-corrected chi connectivity index (χ0v) is 20.3. The van der Waals surface area contributed by atoms with Gasteiger partial charge in [0.15, 0.2) is 0 Å². The lowest BCUT2D eigenvalue weighted by molar-refractivity contribution is 0.630. The lowest BCUT2D eigenvalue weighted by Crippen LogP contribution is -2.26. The summed E-state index contributed by atoms with van der Waals surface area (Å²) in [7, 11) is 0. The van der Waals surface area contributed by atoms with Crippen molar-refractivity contribution in [1.82, 2.24) is 9.55 Å². The van der Waals surface area contributed by atoms with Gasteiger partial charge in [-0.1, -0.05) is 80.6 Å². The Kier molecular flexibility index (Phi) is 3.76. The van der Waals surface area contributed by atoms with Crippen LogP contribution in [0.25, 0.3) is 60.2 Å². The van der Waals surface area contributed by atoms with Crippen LogP contribution in [-0.2, 0) is 5.41 Å². The SMILES string of the molecule is CC1(C)c2ccccc2-n2c3ccc(-c4c5ccccc5cc5ccncc45)cc3c3cccc1c32. The van der Waals surface area contributed by atoms with Crippen LogP contribution in [0.3, 0.4) is 0 Å². The summed E-state index contributed by atoms with van der Waals surface area (Å²) in [4.78, 5) is 4.49. The maximum atomic E-state index is 4.49. The van der Waals surface area contributed by atoms with Crippen LogP contribution in [0.5, 0.6) is 0 Å². The van der Waals surface area contributed by atoms with Crippen molar-refractivity contribution in [3.05, 3.63) is 121 Å². The van der Waals surface area contributed by atoms with Crippen LogP contribution < -0.4 is 0 Å². The minimum atomic E-state index is -0.0547. The van der Waals surface area contributed by atoms with Crippen LogP contribution in [0.2, 0.25) is 0 Å². The molecular weight excluding hydrogens is 436 g/mol. The zero-order chi connectivity index (χ0) is 24.0. The van der Waals surface area contributed by atoms with Gasteiger partial charge in [-0.15, -0.1) is 0 Å². The summed E-state index contributed by atoms with van der Waals surface area (Å²) in [5, 5.41) is 7.53. The van der Waals surface area contributed by atoms with Gasteiger partial charge in [-0.05, 0) is 68.7 Å². The molecule has 0 amide bonds. The van der Waals surface area contributed by atoms with E-state index in [4.69, 9.17) is 0 Å². The summed E-state index contributed by atoms with van der Waals surface area (Å²) in [6, 6.07) is 35.8. The van der Waals surface area contributed by atoms with Gasteiger partial charge in [0.1, 0.15) is 0 Å². The summed E-state index contributed by atoms with van der Waals surface area (Å²) in [5.74, 6) is 0. The van der Waals surface area contributed by atoms with Gasteiger partial charge in [0.05, 0.1) is 16.7 Å². The highest BCUT2D eigenvalue weighted by atomic mass is 15.0. The predicted octanol–water partition coefficient (Wildman–Crippen LogP) is 8.79. The molecule has 8 rings (SSSR count). The number of hydrogen-bond acceptors (Lipinski definition) is 1. The molecule has 2 aromatic heterocycles. The number of benzene rings is 5. The lowest BCUT2D eigenvalue weighted by atomic mass is 9.75. The molecule has 36 heavy (non-hydrogen) atoms. The summed E-state index contributed by atoms with van der Waals surface area (Å²) in [6.45, 7) is 4.70. The van der Waals surface area contributed by atoms with Crippen LogP contribution in [0.1, 0.15) is 25.0 Å². The first-order valence-corrected chi connectivity index (χ1v) is 12.6. The molecule has 1 aliphatic heterocycles. The monoisotopic (exact) mass is 460 g/mol. The van der Waals surface area contributed by atoms with Gasteiger partial charge < -0.3 is 4.57 Å². The van der Waals surface area contributed by atoms with Crippen molar-refractivity contribution in [2.45, 2.75) is 19.3 Å². The van der Waals surface area contributed by atoms with E-state index in [0.29, 0.717) is 0 Å². The van der Waals surface area contributed by atoms with Gasteiger partial charge >= 0.3 is 0 Å². The fourth-order valence-corrected chi connectivity index (χ4v) is 6.54. The maximum absolute atomic E-state index is 4.49. The Labute approximate surface area is 209 Å². The predicted molar refractivity (Wildman–Crippen MR) is 151 cm³/mol. The van der Waals surface area contributed by atoms with E-state index in [0.717, 1.165) is 0 Å². The average Bonchev–Trinajstić information content (AvgIpc) is 3.25. The second-order valence-electron chi connectivity index (χ2n) is 10.5. The molecule has 7 aromatic rings. The topological polar surface area (TPSA) is 17.8 Å². The highest BCUT2D eigenvalue weighted by Gasteiger charge is 2.34. The fourth-order valence-electron chi connectivity index (χ4n) is 6.54. The quantitative estimate of drug-likeness (QED) is 0.224. The summed E-state index contributed by atoms with van der Waals surface area (Å²) < 4.78 is 2.48. The van der Waals surface area contributed by atoms with Gasteiger partial charge in [0, 0.05) is 34.0 Å². The molecule has 0 spiro atoms. The van der Waals surface area contributed by atoms with Gasteiger partial charge in [-0.2, -0.15) is 0 Å². The Balaban J connectivity index is 1.52. The molecular formula is C34H24N2. The van der Waals surface area contributed by atoms with Crippen molar-refractivity contribution in [2.75, 3.05) is 0 Å². The minimum absolute atomic E-state index is 0.0547. The van der Waals surface area contributed by atoms with E-state index >= 15 is 0 Å². The molecule has 0 radical (unpaired) electrons. The Bertz CT molecular complexity index is 1970. The second kappa shape index (κ2) is 6.83. The van der Waals surface area contributed by atoms with Gasteiger partial charge in [0.2, 0.25) is 0 Å². The van der Waals surface area contributed by atoms with Crippen LogP contribution in [0.15, 0.2) is 109 Å². The average molecular weight is 461 g/mol. The zero-order valence-electron chi connectivity index (χ0n) is 20.3. The number of rotatable bonds is 1. The molecule has 3 heterocycles. The number of para-hydroxylation sites is 2. The van der Waals surface area contributed by atoms with Crippen molar-refractivity contribution in [3.63, 3.8) is 0 Å². The normalized spacial score (nSPS) is 14.1. The number of hydrogen-bond donors (Lipinski definition) is 0. The second-order valence-corrected chi connectivity index (χ2v) is 10.5. The van der Waals surface area contributed by atoms with E-state index in [1.165, 1.54) is 71.3 Å². The molecule has 2 nitrogen and oxygen atoms in total. The first kappa shape index (κ1) is 19.8. The van der Waals surface area contributed by atoms with Crippen LogP contribution >= 0.6 is 0 Å². The smallest absolute Gasteiger partial charge is 0.0582 e. The van der Waals surface area contributed by atoms with Gasteiger partial charge in [-0.25, -0.2) is 0 Å². The molecule has 2 heteroatoms. The lowest BCUT2D eigenvalue weighted by Gasteiger charge is -2.34. The summed E-state index contributed by atoms with van der Waals surface area (Å²) >= 11 is 0. The molecule has 0 aliphatic carbocycles. The summed E-state index contributed by atoms with van der Waals surface area (Å²) in [6.07, 6.45) is 3.89. The van der Waals surface area contributed by atoms with Crippen LogP contribution in [0.4, 0.5) is 0 Å². The highest BCUT2D eigenvalue weighted by molar-refractivity contribution is 6.16. The Morgan fingerprint density at radius 1 is 0.639 bits per heavy atom. The van der Waals surface area contributed by atoms with Gasteiger partial charge in [0.25, 0.3) is 0 Å². The maximum Gasteiger partial charge on any atom is 0.0582 e. The summed E-state index contributed by atoms with van der Waals surface area (Å²) in [5.41, 5.74) is 9.06. The van der Waals surface area contributed by atoms with Crippen molar-refractivity contribution in [2.24, 2.45) is 0 Å². The third-order valence-corrected chi connectivity index (χ3v) is 8.23. The standard InChI is InChI=1S/C34H24N2/c1-34(2)28-11-5-6-13-31(28)36-30-15-14-23(19-26(30)25-10-7-12-29(34)33(25)36)32-24-9-4-3-8-21(24)18-22-16-17-35-20-27(22)32/h3-20H,1-2H3. The highest BCUT2D eigenvalue weighted by Crippen LogP contribution is 2.48. The molecule has 5 aromatic carbocycles. The van der Waals surface area contributed by atoms with Crippen molar-refractivity contribution >= 4 is 43.4 Å². The first-order valence-electron chi connectivity index (χ1n) is 12.6. The Morgan fingerprint density at radius 2 is 1.42 bits per heavy atom. The first-order chi connectivity index (χ1) is 17.6. The molecule has 0 fully saturated rings. The van der Waals surface area contributed by atoms with Crippen molar-refractivity contribution in [1.29, 1.82) is 0 Å². The molecule has 0 unspecified atom stereocenters. The van der Waals surface area contributed by atoms with Crippen molar-refractivity contribution in [3.8, 4) is 16.8 Å². The fraction of sp³-hybridized carbons (Fsp3) is 0.0882. The van der Waals surface area contributed by atoms with E-state index in [1.807, 2.05) is 12.4 Å². The largest absolute Gasteiger partial charge is 0.309 e.